The van der Waals surface area contributed by atoms with Gasteiger partial charge in [0.25, 0.3) is 0 Å². The van der Waals surface area contributed by atoms with Gasteiger partial charge in [0.05, 0.1) is 0 Å². The van der Waals surface area contributed by atoms with Crippen LogP contribution in [-0.4, -0.2) is 25.0 Å². The summed E-state index contributed by atoms with van der Waals surface area (Å²) in [6.07, 6.45) is 1.15. The highest BCUT2D eigenvalue weighted by atomic mass is 35.5. The largest absolute Gasteiger partial charge is 0.330 e. The third-order valence-electron chi connectivity index (χ3n) is 3.86. The summed E-state index contributed by atoms with van der Waals surface area (Å²) < 4.78 is 0. The fourth-order valence-corrected chi connectivity index (χ4v) is 3.11. The van der Waals surface area contributed by atoms with Crippen molar-refractivity contribution in [1.82, 2.24) is 4.90 Å². The van der Waals surface area contributed by atoms with E-state index in [1.165, 1.54) is 16.7 Å². The minimum Gasteiger partial charge on any atom is -0.330 e. The van der Waals surface area contributed by atoms with Crippen LogP contribution in [0.15, 0.2) is 12.1 Å². The number of aryl methyl sites for hydroxylation is 1. The van der Waals surface area contributed by atoms with Crippen molar-refractivity contribution in [1.29, 1.82) is 0 Å². The first-order valence-corrected chi connectivity index (χ1v) is 6.57. The van der Waals surface area contributed by atoms with E-state index >= 15 is 0 Å². The van der Waals surface area contributed by atoms with Crippen LogP contribution in [0.25, 0.3) is 0 Å². The molecule has 1 aliphatic heterocycles. The normalized spacial score (nSPS) is 25.5. The van der Waals surface area contributed by atoms with E-state index in [0.717, 1.165) is 24.5 Å². The van der Waals surface area contributed by atoms with E-state index in [0.29, 0.717) is 12.0 Å². The Bertz CT molecular complexity index is 417. The number of hydrogen-bond donors (Lipinski definition) is 1. The molecule has 1 heterocycles. The Kier molecular flexibility index (Phi) is 3.76. The number of likely N-dealkylation sites (tertiary alicyclic amines) is 1. The lowest BCUT2D eigenvalue weighted by atomic mass is 9.95. The standard InChI is InChI=1S/C14H21ClN2/c1-9-4-12(10(2)13(15)5-9)14-6-11(7-16)8-17(14)3/h4-5,11,14H,6-8,16H2,1-3H3. The summed E-state index contributed by atoms with van der Waals surface area (Å²) in [5.74, 6) is 0.615. The van der Waals surface area contributed by atoms with Crippen molar-refractivity contribution in [3.05, 3.63) is 33.8 Å². The molecule has 2 rings (SSSR count). The molecule has 1 fully saturated rings. The molecule has 0 aromatic heterocycles. The molecule has 2 unspecified atom stereocenters. The molecule has 0 spiro atoms. The molecular formula is C14H21ClN2. The summed E-state index contributed by atoms with van der Waals surface area (Å²) in [5.41, 5.74) is 9.60. The van der Waals surface area contributed by atoms with Crippen LogP contribution in [0, 0.1) is 19.8 Å². The van der Waals surface area contributed by atoms with E-state index in [-0.39, 0.29) is 0 Å². The van der Waals surface area contributed by atoms with Crippen LogP contribution >= 0.6 is 11.6 Å². The summed E-state index contributed by atoms with van der Waals surface area (Å²) in [4.78, 5) is 2.40. The summed E-state index contributed by atoms with van der Waals surface area (Å²) >= 11 is 6.27. The fraction of sp³-hybridized carbons (Fsp3) is 0.571. The van der Waals surface area contributed by atoms with Gasteiger partial charge in [-0.05, 0) is 62.5 Å². The van der Waals surface area contributed by atoms with Crippen molar-refractivity contribution in [2.24, 2.45) is 11.7 Å². The molecule has 2 N–H and O–H groups in total. The fourth-order valence-electron chi connectivity index (χ4n) is 2.83. The minimum atomic E-state index is 0.473. The molecule has 94 valence electrons. The van der Waals surface area contributed by atoms with Crippen molar-refractivity contribution in [3.63, 3.8) is 0 Å². The first-order valence-electron chi connectivity index (χ1n) is 6.20. The van der Waals surface area contributed by atoms with Crippen LogP contribution in [-0.2, 0) is 0 Å². The average Bonchev–Trinajstić information content (AvgIpc) is 2.65. The molecule has 3 heteroatoms. The Morgan fingerprint density at radius 3 is 2.71 bits per heavy atom. The van der Waals surface area contributed by atoms with Crippen molar-refractivity contribution >= 4 is 11.6 Å². The molecule has 1 aliphatic rings. The van der Waals surface area contributed by atoms with E-state index < -0.39 is 0 Å². The zero-order valence-electron chi connectivity index (χ0n) is 10.8. The van der Waals surface area contributed by atoms with Crippen molar-refractivity contribution in [3.8, 4) is 0 Å². The quantitative estimate of drug-likeness (QED) is 0.877. The summed E-state index contributed by atoms with van der Waals surface area (Å²) in [7, 11) is 2.18. The van der Waals surface area contributed by atoms with Crippen LogP contribution in [0.2, 0.25) is 5.02 Å². The number of rotatable bonds is 2. The van der Waals surface area contributed by atoms with Gasteiger partial charge in [0, 0.05) is 17.6 Å². The van der Waals surface area contributed by atoms with Gasteiger partial charge in [0.15, 0.2) is 0 Å². The first kappa shape index (κ1) is 12.9. The van der Waals surface area contributed by atoms with E-state index in [2.05, 4.69) is 31.9 Å². The van der Waals surface area contributed by atoms with Gasteiger partial charge < -0.3 is 5.73 Å². The second-order valence-electron chi connectivity index (χ2n) is 5.25. The number of nitrogens with two attached hydrogens (primary N) is 1. The Morgan fingerprint density at radius 2 is 2.12 bits per heavy atom. The number of halogens is 1. The molecule has 0 bridgehead atoms. The highest BCUT2D eigenvalue weighted by Gasteiger charge is 2.30. The molecule has 17 heavy (non-hydrogen) atoms. The Balaban J connectivity index is 2.34. The van der Waals surface area contributed by atoms with Gasteiger partial charge in [-0.15, -0.1) is 0 Å². The van der Waals surface area contributed by atoms with Crippen LogP contribution in [0.1, 0.15) is 29.2 Å². The molecule has 0 saturated carbocycles. The molecule has 0 radical (unpaired) electrons. The second-order valence-corrected chi connectivity index (χ2v) is 5.66. The van der Waals surface area contributed by atoms with E-state index in [1.54, 1.807) is 0 Å². The van der Waals surface area contributed by atoms with Gasteiger partial charge in [-0.2, -0.15) is 0 Å². The van der Waals surface area contributed by atoms with E-state index in [9.17, 15) is 0 Å². The lowest BCUT2D eigenvalue weighted by molar-refractivity contribution is 0.313. The van der Waals surface area contributed by atoms with Crippen LogP contribution in [0.3, 0.4) is 0 Å². The highest BCUT2D eigenvalue weighted by Crippen LogP contribution is 2.37. The molecule has 2 nitrogen and oxygen atoms in total. The van der Waals surface area contributed by atoms with Gasteiger partial charge in [-0.3, -0.25) is 4.90 Å². The van der Waals surface area contributed by atoms with E-state index in [1.807, 2.05) is 6.07 Å². The van der Waals surface area contributed by atoms with Crippen LogP contribution in [0.5, 0.6) is 0 Å². The molecule has 2 atom stereocenters. The zero-order valence-corrected chi connectivity index (χ0v) is 11.6. The zero-order chi connectivity index (χ0) is 12.6. The van der Waals surface area contributed by atoms with Gasteiger partial charge >= 0.3 is 0 Å². The summed E-state index contributed by atoms with van der Waals surface area (Å²) in [6.45, 7) is 6.08. The highest BCUT2D eigenvalue weighted by molar-refractivity contribution is 6.31. The third kappa shape index (κ3) is 2.49. The van der Waals surface area contributed by atoms with Gasteiger partial charge in [-0.1, -0.05) is 17.7 Å². The lowest BCUT2D eigenvalue weighted by Gasteiger charge is -2.22. The van der Waals surface area contributed by atoms with Crippen molar-refractivity contribution in [2.45, 2.75) is 26.3 Å². The smallest absolute Gasteiger partial charge is 0.0441 e. The van der Waals surface area contributed by atoms with Gasteiger partial charge in [0.1, 0.15) is 0 Å². The topological polar surface area (TPSA) is 29.3 Å². The molecule has 0 aliphatic carbocycles. The number of hydrogen-bond acceptors (Lipinski definition) is 2. The maximum Gasteiger partial charge on any atom is 0.0441 e. The average molecular weight is 253 g/mol. The maximum absolute atomic E-state index is 6.27. The third-order valence-corrected chi connectivity index (χ3v) is 4.25. The molecular weight excluding hydrogens is 232 g/mol. The number of benzene rings is 1. The Hall–Kier alpha value is -0.570. The van der Waals surface area contributed by atoms with Crippen LogP contribution in [0.4, 0.5) is 0 Å². The van der Waals surface area contributed by atoms with E-state index in [4.69, 9.17) is 17.3 Å². The van der Waals surface area contributed by atoms with Crippen molar-refractivity contribution < 1.29 is 0 Å². The second kappa shape index (κ2) is 4.97. The maximum atomic E-state index is 6.27. The minimum absolute atomic E-state index is 0.473. The summed E-state index contributed by atoms with van der Waals surface area (Å²) in [6, 6.07) is 4.78. The number of nitrogens with zero attached hydrogens (tertiary/aromatic N) is 1. The van der Waals surface area contributed by atoms with Crippen LogP contribution < -0.4 is 5.73 Å². The Morgan fingerprint density at radius 1 is 1.41 bits per heavy atom. The van der Waals surface area contributed by atoms with Gasteiger partial charge in [0.2, 0.25) is 0 Å². The van der Waals surface area contributed by atoms with Gasteiger partial charge in [-0.25, -0.2) is 0 Å². The molecule has 0 amide bonds. The SMILES string of the molecule is Cc1cc(Cl)c(C)c(C2CC(CN)CN2C)c1. The Labute approximate surface area is 109 Å². The van der Waals surface area contributed by atoms with Crippen molar-refractivity contribution in [2.75, 3.05) is 20.1 Å². The predicted molar refractivity (Wildman–Crippen MR) is 73.5 cm³/mol. The molecule has 1 aromatic rings. The molecule has 1 saturated heterocycles. The predicted octanol–water partition coefficient (Wildman–Crippen LogP) is 2.91. The summed E-state index contributed by atoms with van der Waals surface area (Å²) in [5, 5.41) is 0.879. The monoisotopic (exact) mass is 252 g/mol. The molecule has 1 aromatic carbocycles. The first-order chi connectivity index (χ1) is 8.02. The lowest BCUT2D eigenvalue weighted by Crippen LogP contribution is -2.21.